The van der Waals surface area contributed by atoms with Crippen molar-refractivity contribution in [3.8, 4) is 11.1 Å². The number of benzene rings is 2. The standard InChI is InChI=1S/C22H29NO/c1-5-17(4)13-18-9-11-20(12-10-18)21-8-6-7-19(14-21)15-23-22(24)16(2)3/h6-12,14,16-17H,5,13,15H2,1-4H3,(H,23,24). The summed E-state index contributed by atoms with van der Waals surface area (Å²) in [5, 5.41) is 2.98. The second-order valence-corrected chi connectivity index (χ2v) is 6.99. The molecule has 2 aromatic rings. The van der Waals surface area contributed by atoms with Crippen molar-refractivity contribution in [1.29, 1.82) is 0 Å². The lowest BCUT2D eigenvalue weighted by atomic mass is 9.96. The summed E-state index contributed by atoms with van der Waals surface area (Å²) < 4.78 is 0. The molecule has 128 valence electrons. The van der Waals surface area contributed by atoms with E-state index < -0.39 is 0 Å². The predicted molar refractivity (Wildman–Crippen MR) is 102 cm³/mol. The van der Waals surface area contributed by atoms with Gasteiger partial charge in [-0.15, -0.1) is 0 Å². The molecule has 1 unspecified atom stereocenters. The Morgan fingerprint density at radius 1 is 0.958 bits per heavy atom. The molecule has 1 amide bonds. The zero-order valence-electron chi connectivity index (χ0n) is 15.3. The van der Waals surface area contributed by atoms with Crippen LogP contribution in [0.1, 0.15) is 45.2 Å². The van der Waals surface area contributed by atoms with Gasteiger partial charge in [0, 0.05) is 12.5 Å². The largest absolute Gasteiger partial charge is 0.352 e. The summed E-state index contributed by atoms with van der Waals surface area (Å²) in [6.07, 6.45) is 2.35. The second kappa shape index (κ2) is 8.68. The monoisotopic (exact) mass is 323 g/mol. The van der Waals surface area contributed by atoms with Gasteiger partial charge in [-0.1, -0.05) is 76.6 Å². The third kappa shape index (κ3) is 5.23. The molecule has 0 saturated heterocycles. The van der Waals surface area contributed by atoms with E-state index in [-0.39, 0.29) is 11.8 Å². The summed E-state index contributed by atoms with van der Waals surface area (Å²) in [7, 11) is 0. The molecule has 1 N–H and O–H groups in total. The van der Waals surface area contributed by atoms with Gasteiger partial charge in [0.05, 0.1) is 0 Å². The predicted octanol–water partition coefficient (Wildman–Crippen LogP) is 5.21. The Hall–Kier alpha value is -2.09. The molecule has 2 rings (SSSR count). The smallest absolute Gasteiger partial charge is 0.222 e. The number of carbonyl (C=O) groups excluding carboxylic acids is 1. The first-order valence-corrected chi connectivity index (χ1v) is 8.95. The Labute approximate surface area is 146 Å². The van der Waals surface area contributed by atoms with Crippen LogP contribution in [0.2, 0.25) is 0 Å². The average Bonchev–Trinajstić information content (AvgIpc) is 2.60. The highest BCUT2D eigenvalue weighted by Crippen LogP contribution is 2.22. The first-order chi connectivity index (χ1) is 11.5. The zero-order valence-corrected chi connectivity index (χ0v) is 15.3. The van der Waals surface area contributed by atoms with E-state index in [4.69, 9.17) is 0 Å². The van der Waals surface area contributed by atoms with E-state index in [1.54, 1.807) is 0 Å². The lowest BCUT2D eigenvalue weighted by Crippen LogP contribution is -2.27. The number of rotatable bonds is 7. The van der Waals surface area contributed by atoms with Gasteiger partial charge in [-0.05, 0) is 40.7 Å². The van der Waals surface area contributed by atoms with E-state index in [2.05, 4.69) is 67.7 Å². The lowest BCUT2D eigenvalue weighted by Gasteiger charge is -2.11. The third-order valence-corrected chi connectivity index (χ3v) is 4.49. The van der Waals surface area contributed by atoms with Gasteiger partial charge in [-0.3, -0.25) is 4.79 Å². The van der Waals surface area contributed by atoms with E-state index in [9.17, 15) is 4.79 Å². The minimum absolute atomic E-state index is 0.0197. The molecule has 0 radical (unpaired) electrons. The molecule has 2 aromatic carbocycles. The third-order valence-electron chi connectivity index (χ3n) is 4.49. The Kier molecular flexibility index (Phi) is 6.60. The zero-order chi connectivity index (χ0) is 17.5. The molecule has 0 fully saturated rings. The molecule has 0 bridgehead atoms. The van der Waals surface area contributed by atoms with Crippen LogP contribution in [0.4, 0.5) is 0 Å². The van der Waals surface area contributed by atoms with Gasteiger partial charge >= 0.3 is 0 Å². The number of hydrogen-bond acceptors (Lipinski definition) is 1. The van der Waals surface area contributed by atoms with Crippen LogP contribution in [-0.4, -0.2) is 5.91 Å². The van der Waals surface area contributed by atoms with Crippen LogP contribution in [0.5, 0.6) is 0 Å². The maximum absolute atomic E-state index is 11.7. The fourth-order valence-corrected chi connectivity index (χ4v) is 2.63. The molecule has 0 aromatic heterocycles. The van der Waals surface area contributed by atoms with E-state index in [0.29, 0.717) is 6.54 Å². The summed E-state index contributed by atoms with van der Waals surface area (Å²) in [4.78, 5) is 11.7. The van der Waals surface area contributed by atoms with Gasteiger partial charge in [0.2, 0.25) is 5.91 Å². The van der Waals surface area contributed by atoms with Gasteiger partial charge in [-0.25, -0.2) is 0 Å². The molecule has 2 nitrogen and oxygen atoms in total. The van der Waals surface area contributed by atoms with E-state index in [1.165, 1.54) is 23.1 Å². The molecule has 24 heavy (non-hydrogen) atoms. The van der Waals surface area contributed by atoms with Gasteiger partial charge < -0.3 is 5.32 Å². The van der Waals surface area contributed by atoms with Crippen molar-refractivity contribution < 1.29 is 4.79 Å². The van der Waals surface area contributed by atoms with Crippen LogP contribution in [0.15, 0.2) is 48.5 Å². The number of carbonyl (C=O) groups is 1. The first-order valence-electron chi connectivity index (χ1n) is 8.95. The molecular weight excluding hydrogens is 294 g/mol. The average molecular weight is 323 g/mol. The van der Waals surface area contributed by atoms with Gasteiger partial charge in [0.15, 0.2) is 0 Å². The topological polar surface area (TPSA) is 29.1 Å². The molecule has 0 aliphatic rings. The first kappa shape index (κ1) is 18.3. The number of nitrogens with one attached hydrogen (secondary N) is 1. The fraction of sp³-hybridized carbons (Fsp3) is 0.409. The highest BCUT2D eigenvalue weighted by atomic mass is 16.1. The van der Waals surface area contributed by atoms with Crippen molar-refractivity contribution in [1.82, 2.24) is 5.32 Å². The Balaban J connectivity index is 2.06. The Morgan fingerprint density at radius 2 is 1.67 bits per heavy atom. The summed E-state index contributed by atoms with van der Waals surface area (Å²) in [5.41, 5.74) is 4.94. The SMILES string of the molecule is CCC(C)Cc1ccc(-c2cccc(CNC(=O)C(C)C)c2)cc1. The molecule has 0 heterocycles. The van der Waals surface area contributed by atoms with Crippen molar-refractivity contribution in [3.05, 3.63) is 59.7 Å². The van der Waals surface area contributed by atoms with Crippen LogP contribution >= 0.6 is 0 Å². The Morgan fingerprint density at radius 3 is 2.29 bits per heavy atom. The van der Waals surface area contributed by atoms with Crippen molar-refractivity contribution in [3.63, 3.8) is 0 Å². The molecule has 0 aliphatic heterocycles. The maximum Gasteiger partial charge on any atom is 0.222 e. The summed E-state index contributed by atoms with van der Waals surface area (Å²) in [5.74, 6) is 0.838. The van der Waals surface area contributed by atoms with Crippen LogP contribution in [-0.2, 0) is 17.8 Å². The van der Waals surface area contributed by atoms with Gasteiger partial charge in [-0.2, -0.15) is 0 Å². The van der Waals surface area contributed by atoms with E-state index in [1.807, 2.05) is 13.8 Å². The second-order valence-electron chi connectivity index (χ2n) is 6.99. The molecule has 0 spiro atoms. The quantitative estimate of drug-likeness (QED) is 0.744. The highest BCUT2D eigenvalue weighted by Gasteiger charge is 2.07. The van der Waals surface area contributed by atoms with Crippen molar-refractivity contribution in [2.75, 3.05) is 0 Å². The number of amides is 1. The van der Waals surface area contributed by atoms with E-state index in [0.717, 1.165) is 17.9 Å². The van der Waals surface area contributed by atoms with Crippen molar-refractivity contribution in [2.24, 2.45) is 11.8 Å². The summed E-state index contributed by atoms with van der Waals surface area (Å²) >= 11 is 0. The van der Waals surface area contributed by atoms with Crippen molar-refractivity contribution >= 4 is 5.91 Å². The number of hydrogen-bond donors (Lipinski definition) is 1. The molecular formula is C22H29NO. The summed E-state index contributed by atoms with van der Waals surface area (Å²) in [6.45, 7) is 8.93. The van der Waals surface area contributed by atoms with Crippen LogP contribution in [0.3, 0.4) is 0 Å². The normalized spacial score (nSPS) is 12.2. The molecule has 0 aliphatic carbocycles. The Bertz CT molecular complexity index is 658. The van der Waals surface area contributed by atoms with Gasteiger partial charge in [0.25, 0.3) is 0 Å². The molecule has 0 saturated carbocycles. The molecule has 1 atom stereocenters. The molecule has 2 heteroatoms. The maximum atomic E-state index is 11.7. The van der Waals surface area contributed by atoms with Gasteiger partial charge in [0.1, 0.15) is 0 Å². The van der Waals surface area contributed by atoms with E-state index >= 15 is 0 Å². The lowest BCUT2D eigenvalue weighted by molar-refractivity contribution is -0.124. The van der Waals surface area contributed by atoms with Crippen molar-refractivity contribution in [2.45, 2.75) is 47.1 Å². The van der Waals surface area contributed by atoms with Crippen LogP contribution in [0.25, 0.3) is 11.1 Å². The van der Waals surface area contributed by atoms with Crippen LogP contribution < -0.4 is 5.32 Å². The summed E-state index contributed by atoms with van der Waals surface area (Å²) in [6, 6.07) is 17.2. The fourth-order valence-electron chi connectivity index (χ4n) is 2.63. The highest BCUT2D eigenvalue weighted by molar-refractivity contribution is 5.77. The minimum atomic E-state index is 0.0197. The minimum Gasteiger partial charge on any atom is -0.352 e. The van der Waals surface area contributed by atoms with Crippen LogP contribution in [0, 0.1) is 11.8 Å².